The van der Waals surface area contributed by atoms with Crippen LogP contribution >= 0.6 is 0 Å². The summed E-state index contributed by atoms with van der Waals surface area (Å²) in [7, 11) is 0. The minimum Gasteiger partial charge on any atom is -0.508 e. The number of hydrogen-bond acceptors (Lipinski definition) is 9. The number of aryl methyl sites for hydroxylation is 1. The summed E-state index contributed by atoms with van der Waals surface area (Å²) in [5, 5.41) is 53.6. The van der Waals surface area contributed by atoms with Gasteiger partial charge in [0.2, 0.25) is 5.75 Å². The molecule has 3 atom stereocenters. The standard InChI is InChI=1S/C41H47NO8/c42-25-50-38-20-26(12-16-36(38)46)11-13-30(44)21-31(45)22-34-33-23-37(47)39(48)40(49-24-27-7-6-10-29(43)19-27)32(33)14-15-35(34)41(17-4-5-18-41)28-8-2-1-3-9-28/h1-3,6-10,12,16,19-20,23,31,34-35,43,45-48H,4-5,11,13-15,17-18,21-22,24-25,42H2/t31-,34-,35+/m0/s1. The molecule has 7 N–H and O–H groups in total. The van der Waals surface area contributed by atoms with E-state index in [1.54, 1.807) is 36.4 Å². The lowest BCUT2D eigenvalue weighted by atomic mass is 9.57. The molecule has 0 aliphatic heterocycles. The lowest BCUT2D eigenvalue weighted by molar-refractivity contribution is -0.121. The third-order valence-electron chi connectivity index (χ3n) is 10.8. The minimum atomic E-state index is -0.932. The molecule has 4 aromatic carbocycles. The van der Waals surface area contributed by atoms with Crippen LogP contribution in [0, 0.1) is 5.92 Å². The number of ether oxygens (including phenoxy) is 2. The van der Waals surface area contributed by atoms with Crippen LogP contribution in [-0.4, -0.2) is 44.2 Å². The number of aliphatic hydroxyl groups is 1. The number of hydrogen-bond donors (Lipinski definition) is 6. The monoisotopic (exact) mass is 681 g/mol. The topological polar surface area (TPSA) is 163 Å². The van der Waals surface area contributed by atoms with E-state index in [0.717, 1.165) is 48.8 Å². The Labute approximate surface area is 292 Å². The van der Waals surface area contributed by atoms with E-state index in [1.807, 2.05) is 12.1 Å². The zero-order valence-corrected chi connectivity index (χ0v) is 28.3. The van der Waals surface area contributed by atoms with Crippen LogP contribution in [0.2, 0.25) is 0 Å². The molecule has 4 aromatic rings. The second kappa shape index (κ2) is 15.4. The predicted molar refractivity (Wildman–Crippen MR) is 190 cm³/mol. The Morgan fingerprint density at radius 3 is 2.40 bits per heavy atom. The third kappa shape index (κ3) is 7.54. The maximum absolute atomic E-state index is 13.2. The van der Waals surface area contributed by atoms with E-state index in [4.69, 9.17) is 15.2 Å². The first-order chi connectivity index (χ1) is 24.2. The maximum Gasteiger partial charge on any atom is 0.200 e. The Balaban J connectivity index is 1.28. The summed E-state index contributed by atoms with van der Waals surface area (Å²) >= 11 is 0. The van der Waals surface area contributed by atoms with Gasteiger partial charge in [-0.3, -0.25) is 10.5 Å². The SMILES string of the molecule is NCOc1cc(CCC(=O)C[C@H](O)C[C@H]2c3cc(O)c(O)c(OCc4cccc(O)c4)c3CC[C@H]2C2(c3ccccc3)CCCC2)ccc1O. The number of rotatable bonds is 14. The summed E-state index contributed by atoms with van der Waals surface area (Å²) < 4.78 is 11.5. The molecule has 0 amide bonds. The highest BCUT2D eigenvalue weighted by molar-refractivity contribution is 5.79. The number of carbonyl (C=O) groups excluding carboxylic acids is 1. The fourth-order valence-corrected chi connectivity index (χ4v) is 8.50. The molecule has 0 saturated heterocycles. The Hall–Kier alpha value is -4.73. The van der Waals surface area contributed by atoms with Gasteiger partial charge in [-0.2, -0.15) is 0 Å². The summed E-state index contributed by atoms with van der Waals surface area (Å²) in [6, 6.07) is 23.8. The maximum atomic E-state index is 13.2. The summed E-state index contributed by atoms with van der Waals surface area (Å²) in [4.78, 5) is 13.2. The van der Waals surface area contributed by atoms with E-state index in [1.165, 1.54) is 11.6 Å². The quantitative estimate of drug-likeness (QED) is 0.0615. The Kier molecular flexibility index (Phi) is 10.8. The molecule has 9 heteroatoms. The largest absolute Gasteiger partial charge is 0.508 e. The van der Waals surface area contributed by atoms with Crippen LogP contribution in [0.1, 0.15) is 85.1 Å². The summed E-state index contributed by atoms with van der Waals surface area (Å²) in [6.07, 6.45) is 5.61. The number of phenols is 4. The van der Waals surface area contributed by atoms with Gasteiger partial charge < -0.3 is 35.0 Å². The molecule has 0 unspecified atom stereocenters. The van der Waals surface area contributed by atoms with Crippen molar-refractivity contribution in [3.05, 3.63) is 107 Å². The van der Waals surface area contributed by atoms with Gasteiger partial charge in [-0.15, -0.1) is 0 Å². The molecule has 1 fully saturated rings. The van der Waals surface area contributed by atoms with E-state index in [-0.39, 0.29) is 83.7 Å². The second-order valence-electron chi connectivity index (χ2n) is 13.8. The van der Waals surface area contributed by atoms with Crippen LogP contribution in [0.15, 0.2) is 78.9 Å². The smallest absolute Gasteiger partial charge is 0.200 e. The van der Waals surface area contributed by atoms with Crippen molar-refractivity contribution in [2.45, 2.75) is 88.3 Å². The number of phenolic OH excluding ortho intramolecular Hbond substituents is 4. The minimum absolute atomic E-state index is 0.0218. The Morgan fingerprint density at radius 2 is 1.66 bits per heavy atom. The normalized spacial score (nSPS) is 18.7. The summed E-state index contributed by atoms with van der Waals surface area (Å²) in [5.41, 5.74) is 9.76. The van der Waals surface area contributed by atoms with Gasteiger partial charge in [0.1, 0.15) is 24.9 Å². The second-order valence-corrected chi connectivity index (χ2v) is 13.8. The molecule has 9 nitrogen and oxygen atoms in total. The molecule has 264 valence electrons. The average Bonchev–Trinajstić information content (AvgIpc) is 3.61. The van der Waals surface area contributed by atoms with Crippen molar-refractivity contribution in [3.8, 4) is 34.5 Å². The molecule has 0 radical (unpaired) electrons. The number of benzene rings is 4. The van der Waals surface area contributed by atoms with Crippen LogP contribution in [0.4, 0.5) is 0 Å². The van der Waals surface area contributed by atoms with Crippen LogP contribution < -0.4 is 15.2 Å². The van der Waals surface area contributed by atoms with Gasteiger partial charge in [0.15, 0.2) is 23.0 Å². The molecular formula is C41H47NO8. The number of Topliss-reactive ketones (excluding diaryl/α,β-unsaturated/α-hetero) is 1. The zero-order chi connectivity index (χ0) is 35.3. The van der Waals surface area contributed by atoms with Gasteiger partial charge in [0.25, 0.3) is 0 Å². The van der Waals surface area contributed by atoms with E-state index >= 15 is 0 Å². The van der Waals surface area contributed by atoms with Crippen LogP contribution in [0.5, 0.6) is 34.5 Å². The first-order valence-corrected chi connectivity index (χ1v) is 17.6. The van der Waals surface area contributed by atoms with Crippen LogP contribution in [-0.2, 0) is 29.7 Å². The van der Waals surface area contributed by atoms with Gasteiger partial charge in [-0.25, -0.2) is 0 Å². The van der Waals surface area contributed by atoms with Crippen molar-refractivity contribution in [2.75, 3.05) is 6.73 Å². The van der Waals surface area contributed by atoms with Crippen molar-refractivity contribution >= 4 is 5.78 Å². The number of ketones is 1. The van der Waals surface area contributed by atoms with Crippen molar-refractivity contribution in [3.63, 3.8) is 0 Å². The molecule has 0 aromatic heterocycles. The van der Waals surface area contributed by atoms with Gasteiger partial charge in [-0.1, -0.05) is 61.4 Å². The molecule has 6 rings (SSSR count). The zero-order valence-electron chi connectivity index (χ0n) is 28.3. The number of aliphatic hydroxyl groups excluding tert-OH is 1. The molecule has 0 bridgehead atoms. The number of fused-ring (bicyclic) bond motifs is 1. The fourth-order valence-electron chi connectivity index (χ4n) is 8.50. The lowest BCUT2D eigenvalue weighted by Gasteiger charge is -2.47. The summed E-state index contributed by atoms with van der Waals surface area (Å²) in [5.74, 6) is -0.248. The van der Waals surface area contributed by atoms with E-state index < -0.39 is 6.10 Å². The first-order valence-electron chi connectivity index (χ1n) is 17.6. The molecule has 0 heterocycles. The van der Waals surface area contributed by atoms with Crippen molar-refractivity contribution in [2.24, 2.45) is 11.7 Å². The fraction of sp³-hybridized carbons (Fsp3) is 0.390. The molecule has 50 heavy (non-hydrogen) atoms. The molecule has 2 aliphatic carbocycles. The predicted octanol–water partition coefficient (Wildman–Crippen LogP) is 6.88. The average molecular weight is 682 g/mol. The van der Waals surface area contributed by atoms with Gasteiger partial charge in [-0.05, 0) is 108 Å². The van der Waals surface area contributed by atoms with Gasteiger partial charge in [0, 0.05) is 18.4 Å². The Morgan fingerprint density at radius 1 is 0.880 bits per heavy atom. The third-order valence-corrected chi connectivity index (χ3v) is 10.8. The highest BCUT2D eigenvalue weighted by Crippen LogP contribution is 2.58. The highest BCUT2D eigenvalue weighted by Gasteiger charge is 2.49. The van der Waals surface area contributed by atoms with Crippen LogP contribution in [0.25, 0.3) is 0 Å². The molecular weight excluding hydrogens is 634 g/mol. The van der Waals surface area contributed by atoms with Gasteiger partial charge >= 0.3 is 0 Å². The van der Waals surface area contributed by atoms with E-state index in [2.05, 4.69) is 24.3 Å². The van der Waals surface area contributed by atoms with Gasteiger partial charge in [0.05, 0.1) is 6.10 Å². The molecule has 1 saturated carbocycles. The van der Waals surface area contributed by atoms with E-state index in [0.29, 0.717) is 24.8 Å². The van der Waals surface area contributed by atoms with Crippen molar-refractivity contribution in [1.82, 2.24) is 0 Å². The number of carbonyl (C=O) groups is 1. The van der Waals surface area contributed by atoms with Crippen molar-refractivity contribution < 1.29 is 39.8 Å². The molecule has 2 aliphatic rings. The highest BCUT2D eigenvalue weighted by atomic mass is 16.5. The van der Waals surface area contributed by atoms with Crippen LogP contribution in [0.3, 0.4) is 0 Å². The first kappa shape index (κ1) is 35.1. The van der Waals surface area contributed by atoms with E-state index in [9.17, 15) is 30.3 Å². The number of aromatic hydroxyl groups is 4. The number of nitrogens with two attached hydrogens (primary N) is 1. The lowest BCUT2D eigenvalue weighted by Crippen LogP contribution is -2.40. The van der Waals surface area contributed by atoms with Crippen molar-refractivity contribution in [1.29, 1.82) is 0 Å². The molecule has 0 spiro atoms. The Bertz CT molecular complexity index is 1790. The summed E-state index contributed by atoms with van der Waals surface area (Å²) in [6.45, 7) is -0.000521.